The fourth-order valence-electron chi connectivity index (χ4n) is 2.20. The average molecular weight is 287 g/mol. The molecule has 21 heavy (non-hydrogen) atoms. The molecule has 0 bridgehead atoms. The van der Waals surface area contributed by atoms with E-state index in [1.807, 2.05) is 37.5 Å². The minimum atomic E-state index is -0.0389. The molecule has 0 aliphatic heterocycles. The molecule has 0 saturated carbocycles. The van der Waals surface area contributed by atoms with Crippen molar-refractivity contribution in [1.29, 1.82) is 0 Å². The number of benzene rings is 1. The molecular weight excluding hydrogens is 266 g/mol. The maximum absolute atomic E-state index is 12.3. The molecule has 0 aliphatic rings. The van der Waals surface area contributed by atoms with E-state index in [0.29, 0.717) is 17.8 Å². The molecule has 0 unspecified atom stereocenters. The third kappa shape index (κ3) is 3.34. The van der Waals surface area contributed by atoms with Crippen molar-refractivity contribution in [3.05, 3.63) is 41.7 Å². The minimum Gasteiger partial charge on any atom is -0.399 e. The third-order valence-corrected chi connectivity index (χ3v) is 3.25. The molecule has 2 aromatic rings. The Morgan fingerprint density at radius 3 is 2.62 bits per heavy atom. The van der Waals surface area contributed by atoms with Crippen LogP contribution in [-0.2, 0) is 13.6 Å². The second-order valence-corrected chi connectivity index (χ2v) is 5.35. The fourth-order valence-corrected chi connectivity index (χ4v) is 2.20. The molecule has 1 amide bonds. The smallest absolute Gasteiger partial charge is 0.255 e. The number of nitrogen functional groups attached to an aromatic ring is 1. The van der Waals surface area contributed by atoms with E-state index < -0.39 is 0 Å². The Labute approximate surface area is 124 Å². The molecule has 1 aromatic heterocycles. The molecule has 6 nitrogen and oxygen atoms in total. The van der Waals surface area contributed by atoms with Gasteiger partial charge in [-0.05, 0) is 18.2 Å². The van der Waals surface area contributed by atoms with Crippen LogP contribution >= 0.6 is 0 Å². The second-order valence-electron chi connectivity index (χ2n) is 5.35. The molecule has 1 heterocycles. The zero-order chi connectivity index (χ0) is 15.6. The molecule has 1 aromatic carbocycles. The Morgan fingerprint density at radius 1 is 1.33 bits per heavy atom. The molecule has 0 radical (unpaired) electrons. The van der Waals surface area contributed by atoms with Gasteiger partial charge >= 0.3 is 0 Å². The molecular formula is C15H21N5O. The van der Waals surface area contributed by atoms with Crippen molar-refractivity contribution in [2.24, 2.45) is 7.05 Å². The van der Waals surface area contributed by atoms with Gasteiger partial charge in [-0.3, -0.25) is 9.48 Å². The summed E-state index contributed by atoms with van der Waals surface area (Å²) in [5, 5.41) is 4.16. The van der Waals surface area contributed by atoms with E-state index in [2.05, 4.69) is 5.10 Å². The Hall–Kier alpha value is -2.50. The van der Waals surface area contributed by atoms with Gasteiger partial charge < -0.3 is 15.5 Å². The van der Waals surface area contributed by atoms with Crippen LogP contribution in [0, 0.1) is 0 Å². The largest absolute Gasteiger partial charge is 0.399 e. The molecule has 0 atom stereocenters. The van der Waals surface area contributed by atoms with Crippen LogP contribution in [-0.4, -0.2) is 41.7 Å². The number of carbonyl (C=O) groups excluding carboxylic acids is 1. The number of anilines is 2. The predicted molar refractivity (Wildman–Crippen MR) is 84.2 cm³/mol. The first-order chi connectivity index (χ1) is 9.88. The van der Waals surface area contributed by atoms with E-state index in [-0.39, 0.29) is 5.91 Å². The second kappa shape index (κ2) is 5.87. The number of carbonyl (C=O) groups is 1. The highest BCUT2D eigenvalue weighted by atomic mass is 16.2. The summed E-state index contributed by atoms with van der Waals surface area (Å²) in [6.07, 6.45) is 3.77. The quantitative estimate of drug-likeness (QED) is 0.862. The lowest BCUT2D eigenvalue weighted by atomic mass is 10.1. The zero-order valence-corrected chi connectivity index (χ0v) is 12.9. The van der Waals surface area contributed by atoms with Crippen molar-refractivity contribution in [3.8, 4) is 0 Å². The van der Waals surface area contributed by atoms with E-state index in [9.17, 15) is 4.79 Å². The molecule has 0 spiro atoms. The van der Waals surface area contributed by atoms with E-state index in [0.717, 1.165) is 11.3 Å². The van der Waals surface area contributed by atoms with E-state index >= 15 is 0 Å². The van der Waals surface area contributed by atoms with Crippen LogP contribution in [0.15, 0.2) is 30.6 Å². The standard InChI is InChI=1S/C15H21N5O/c1-18(2)15(21)13-6-5-12(16)7-14(13)19(3)9-11-8-17-20(4)10-11/h5-8,10H,9,16H2,1-4H3. The lowest BCUT2D eigenvalue weighted by Gasteiger charge is -2.23. The molecule has 2 rings (SSSR count). The number of nitrogens with two attached hydrogens (primary N) is 1. The van der Waals surface area contributed by atoms with Crippen molar-refractivity contribution in [1.82, 2.24) is 14.7 Å². The third-order valence-electron chi connectivity index (χ3n) is 3.25. The molecule has 0 saturated heterocycles. The lowest BCUT2D eigenvalue weighted by molar-refractivity contribution is 0.0828. The number of nitrogens with zero attached hydrogens (tertiary/aromatic N) is 4. The number of rotatable bonds is 4. The number of aryl methyl sites for hydroxylation is 1. The van der Waals surface area contributed by atoms with Gasteiger partial charge in [0.15, 0.2) is 0 Å². The van der Waals surface area contributed by atoms with Gasteiger partial charge in [0.1, 0.15) is 0 Å². The summed E-state index contributed by atoms with van der Waals surface area (Å²) in [5.74, 6) is -0.0389. The van der Waals surface area contributed by atoms with Gasteiger partial charge in [0.05, 0.1) is 17.4 Å². The van der Waals surface area contributed by atoms with Crippen molar-refractivity contribution >= 4 is 17.3 Å². The van der Waals surface area contributed by atoms with E-state index in [4.69, 9.17) is 5.73 Å². The predicted octanol–water partition coefficient (Wildman–Crippen LogP) is 1.34. The first-order valence-corrected chi connectivity index (χ1v) is 6.68. The first-order valence-electron chi connectivity index (χ1n) is 6.68. The van der Waals surface area contributed by atoms with E-state index in [1.165, 1.54) is 0 Å². The van der Waals surface area contributed by atoms with Gasteiger partial charge in [0.25, 0.3) is 5.91 Å². The number of hydrogen-bond donors (Lipinski definition) is 1. The highest BCUT2D eigenvalue weighted by Gasteiger charge is 2.16. The summed E-state index contributed by atoms with van der Waals surface area (Å²) in [6, 6.07) is 5.35. The average Bonchev–Trinajstić information content (AvgIpc) is 2.83. The Morgan fingerprint density at radius 2 is 2.05 bits per heavy atom. The summed E-state index contributed by atoms with van der Waals surface area (Å²) < 4.78 is 1.76. The topological polar surface area (TPSA) is 67.4 Å². The summed E-state index contributed by atoms with van der Waals surface area (Å²) in [4.78, 5) is 15.8. The Balaban J connectivity index is 2.32. The van der Waals surface area contributed by atoms with Crippen molar-refractivity contribution in [2.75, 3.05) is 31.8 Å². The maximum atomic E-state index is 12.3. The normalized spacial score (nSPS) is 10.5. The molecule has 6 heteroatoms. The molecule has 2 N–H and O–H groups in total. The SMILES string of the molecule is CN(C)C(=O)c1ccc(N)cc1N(C)Cc1cnn(C)c1. The Bertz CT molecular complexity index is 647. The summed E-state index contributed by atoms with van der Waals surface area (Å²) >= 11 is 0. The number of hydrogen-bond acceptors (Lipinski definition) is 4. The summed E-state index contributed by atoms with van der Waals surface area (Å²) in [6.45, 7) is 0.658. The van der Waals surface area contributed by atoms with Crippen LogP contribution in [0.1, 0.15) is 15.9 Å². The monoisotopic (exact) mass is 287 g/mol. The first kappa shape index (κ1) is 14.9. The van der Waals surface area contributed by atoms with Crippen molar-refractivity contribution in [2.45, 2.75) is 6.54 Å². The van der Waals surface area contributed by atoms with Crippen LogP contribution in [0.25, 0.3) is 0 Å². The molecule has 112 valence electrons. The summed E-state index contributed by atoms with van der Waals surface area (Å²) in [7, 11) is 7.30. The van der Waals surface area contributed by atoms with Gasteiger partial charge in [-0.15, -0.1) is 0 Å². The Kier molecular flexibility index (Phi) is 4.16. The van der Waals surface area contributed by atoms with Crippen LogP contribution < -0.4 is 10.6 Å². The zero-order valence-electron chi connectivity index (χ0n) is 12.9. The maximum Gasteiger partial charge on any atom is 0.255 e. The lowest BCUT2D eigenvalue weighted by Crippen LogP contribution is -2.26. The van der Waals surface area contributed by atoms with Gasteiger partial charge in [0, 0.05) is 52.2 Å². The van der Waals surface area contributed by atoms with Crippen LogP contribution in [0.4, 0.5) is 11.4 Å². The molecule has 0 fully saturated rings. The van der Waals surface area contributed by atoms with Crippen molar-refractivity contribution in [3.63, 3.8) is 0 Å². The van der Waals surface area contributed by atoms with Crippen molar-refractivity contribution < 1.29 is 4.79 Å². The fraction of sp³-hybridized carbons (Fsp3) is 0.333. The highest BCUT2D eigenvalue weighted by Crippen LogP contribution is 2.25. The number of amides is 1. The minimum absolute atomic E-state index is 0.0389. The summed E-state index contributed by atoms with van der Waals surface area (Å²) in [5.41, 5.74) is 9.04. The van der Waals surface area contributed by atoms with Gasteiger partial charge in [0.2, 0.25) is 0 Å². The highest BCUT2D eigenvalue weighted by molar-refractivity contribution is 6.00. The number of aromatic nitrogens is 2. The van der Waals surface area contributed by atoms with Crippen LogP contribution in [0.3, 0.4) is 0 Å². The van der Waals surface area contributed by atoms with E-state index in [1.54, 1.807) is 35.8 Å². The van der Waals surface area contributed by atoms with Gasteiger partial charge in [-0.2, -0.15) is 5.10 Å². The molecule has 0 aliphatic carbocycles. The van der Waals surface area contributed by atoms with Gasteiger partial charge in [-0.1, -0.05) is 0 Å². The van der Waals surface area contributed by atoms with Crippen LogP contribution in [0.2, 0.25) is 0 Å². The van der Waals surface area contributed by atoms with Crippen LogP contribution in [0.5, 0.6) is 0 Å². The van der Waals surface area contributed by atoms with Gasteiger partial charge in [-0.25, -0.2) is 0 Å².